The van der Waals surface area contributed by atoms with Crippen LogP contribution in [-0.2, 0) is 0 Å². The van der Waals surface area contributed by atoms with Gasteiger partial charge in [0.25, 0.3) is 0 Å². The summed E-state index contributed by atoms with van der Waals surface area (Å²) in [5.74, 6) is 0.681. The second-order valence-corrected chi connectivity index (χ2v) is 5.73. The molecule has 1 N–H and O–H groups in total. The third-order valence-corrected chi connectivity index (χ3v) is 3.89. The third-order valence-electron chi connectivity index (χ3n) is 3.34. The van der Waals surface area contributed by atoms with E-state index in [2.05, 4.69) is 24.4 Å². The lowest BCUT2D eigenvalue weighted by Gasteiger charge is -2.20. The van der Waals surface area contributed by atoms with E-state index in [-0.39, 0.29) is 6.04 Å². The third kappa shape index (κ3) is 4.29. The molecule has 0 amide bonds. The highest BCUT2D eigenvalue weighted by atomic mass is 35.5. The largest absolute Gasteiger partial charge is 0.495 e. The summed E-state index contributed by atoms with van der Waals surface area (Å²) in [5.41, 5.74) is 2.20. The lowest BCUT2D eigenvalue weighted by Crippen LogP contribution is -2.10. The van der Waals surface area contributed by atoms with Crippen molar-refractivity contribution in [1.82, 2.24) is 0 Å². The summed E-state index contributed by atoms with van der Waals surface area (Å²) in [6.45, 7) is 2.17. The summed E-state index contributed by atoms with van der Waals surface area (Å²) >= 11 is 12.1. The zero-order valence-corrected chi connectivity index (χ0v) is 13.7. The molecule has 0 aliphatic heterocycles. The highest BCUT2D eigenvalue weighted by Crippen LogP contribution is 2.30. The van der Waals surface area contributed by atoms with E-state index in [9.17, 15) is 0 Å². The Bertz CT molecular complexity index is 584. The van der Waals surface area contributed by atoms with Gasteiger partial charge in [0.15, 0.2) is 0 Å². The van der Waals surface area contributed by atoms with Gasteiger partial charge in [-0.25, -0.2) is 0 Å². The van der Waals surface area contributed by atoms with Crippen LogP contribution in [0.25, 0.3) is 0 Å². The first-order valence-electron chi connectivity index (χ1n) is 6.99. The molecule has 2 rings (SSSR count). The summed E-state index contributed by atoms with van der Waals surface area (Å²) in [6, 6.07) is 13.9. The summed E-state index contributed by atoms with van der Waals surface area (Å²) in [7, 11) is 1.61. The number of hydrogen-bond acceptors (Lipinski definition) is 2. The highest BCUT2D eigenvalue weighted by molar-refractivity contribution is 6.32. The lowest BCUT2D eigenvalue weighted by atomic mass is 10.0. The van der Waals surface area contributed by atoms with Gasteiger partial charge in [-0.05, 0) is 42.3 Å². The molecule has 0 heterocycles. The molecular formula is C17H19Cl2NO. The van der Waals surface area contributed by atoms with Crippen LogP contribution in [0.15, 0.2) is 42.5 Å². The molecule has 0 saturated carbocycles. The van der Waals surface area contributed by atoms with Crippen LogP contribution in [0.2, 0.25) is 10.0 Å². The Morgan fingerprint density at radius 2 is 1.81 bits per heavy atom. The van der Waals surface area contributed by atoms with Crippen molar-refractivity contribution in [1.29, 1.82) is 0 Å². The fourth-order valence-corrected chi connectivity index (χ4v) is 2.65. The predicted molar refractivity (Wildman–Crippen MR) is 90.7 cm³/mol. The molecule has 0 fully saturated rings. The normalized spacial score (nSPS) is 12.0. The van der Waals surface area contributed by atoms with Gasteiger partial charge in [0.05, 0.1) is 18.2 Å². The average molecular weight is 324 g/mol. The van der Waals surface area contributed by atoms with Gasteiger partial charge >= 0.3 is 0 Å². The Hall–Kier alpha value is -1.38. The number of rotatable bonds is 6. The number of halogens is 2. The van der Waals surface area contributed by atoms with Gasteiger partial charge in [-0.15, -0.1) is 0 Å². The quantitative estimate of drug-likeness (QED) is 0.708. The topological polar surface area (TPSA) is 21.3 Å². The maximum Gasteiger partial charge on any atom is 0.137 e. The summed E-state index contributed by atoms with van der Waals surface area (Å²) in [5, 5.41) is 4.88. The van der Waals surface area contributed by atoms with Crippen LogP contribution in [0.1, 0.15) is 31.4 Å². The van der Waals surface area contributed by atoms with Gasteiger partial charge in [-0.2, -0.15) is 0 Å². The van der Waals surface area contributed by atoms with Crippen LogP contribution in [-0.4, -0.2) is 7.11 Å². The molecule has 21 heavy (non-hydrogen) atoms. The molecule has 0 bridgehead atoms. The second kappa shape index (κ2) is 7.58. The monoisotopic (exact) mass is 323 g/mol. The van der Waals surface area contributed by atoms with E-state index in [0.29, 0.717) is 10.8 Å². The van der Waals surface area contributed by atoms with E-state index in [1.165, 1.54) is 5.56 Å². The fraction of sp³-hybridized carbons (Fsp3) is 0.294. The number of nitrogens with one attached hydrogen (secondary N) is 1. The van der Waals surface area contributed by atoms with Gasteiger partial charge in [0.1, 0.15) is 5.75 Å². The first-order valence-corrected chi connectivity index (χ1v) is 7.75. The number of methoxy groups -OCH3 is 1. The second-order valence-electron chi connectivity index (χ2n) is 4.89. The SMILES string of the molecule is CCCC(Nc1ccc(OC)c(Cl)c1)c1ccc(Cl)cc1. The van der Waals surface area contributed by atoms with Crippen LogP contribution in [0.5, 0.6) is 5.75 Å². The molecule has 0 saturated heterocycles. The average Bonchev–Trinajstić information content (AvgIpc) is 2.48. The van der Waals surface area contributed by atoms with Gasteiger partial charge < -0.3 is 10.1 Å². The van der Waals surface area contributed by atoms with Crippen molar-refractivity contribution in [3.8, 4) is 5.75 Å². The van der Waals surface area contributed by atoms with E-state index >= 15 is 0 Å². The van der Waals surface area contributed by atoms with E-state index in [1.807, 2.05) is 30.3 Å². The summed E-state index contributed by atoms with van der Waals surface area (Å²) in [6.07, 6.45) is 2.12. The molecule has 2 aromatic rings. The van der Waals surface area contributed by atoms with E-state index < -0.39 is 0 Å². The van der Waals surface area contributed by atoms with Crippen molar-refractivity contribution in [2.24, 2.45) is 0 Å². The molecule has 1 unspecified atom stereocenters. The zero-order valence-electron chi connectivity index (χ0n) is 12.2. The van der Waals surface area contributed by atoms with E-state index in [1.54, 1.807) is 7.11 Å². The Labute approximate surface area is 136 Å². The Morgan fingerprint density at radius 1 is 1.10 bits per heavy atom. The standard InChI is InChI=1S/C17H19Cl2NO/c1-3-4-16(12-5-7-13(18)8-6-12)20-14-9-10-17(21-2)15(19)11-14/h5-11,16,20H,3-4H2,1-2H3. The van der Waals surface area contributed by atoms with Crippen LogP contribution in [0.3, 0.4) is 0 Å². The van der Waals surface area contributed by atoms with Gasteiger partial charge in [-0.3, -0.25) is 0 Å². The highest BCUT2D eigenvalue weighted by Gasteiger charge is 2.11. The molecule has 0 spiro atoms. The van der Waals surface area contributed by atoms with Crippen molar-refractivity contribution in [2.45, 2.75) is 25.8 Å². The fourth-order valence-electron chi connectivity index (χ4n) is 2.26. The molecule has 4 heteroatoms. The minimum atomic E-state index is 0.233. The van der Waals surface area contributed by atoms with Crippen LogP contribution >= 0.6 is 23.2 Å². The Morgan fingerprint density at radius 3 is 2.38 bits per heavy atom. The van der Waals surface area contributed by atoms with Crippen LogP contribution in [0.4, 0.5) is 5.69 Å². The summed E-state index contributed by atoms with van der Waals surface area (Å²) in [4.78, 5) is 0. The van der Waals surface area contributed by atoms with Crippen molar-refractivity contribution < 1.29 is 4.74 Å². The van der Waals surface area contributed by atoms with Gasteiger partial charge in [0.2, 0.25) is 0 Å². The molecule has 2 aromatic carbocycles. The maximum atomic E-state index is 6.17. The first-order chi connectivity index (χ1) is 10.1. The van der Waals surface area contributed by atoms with Gasteiger partial charge in [-0.1, -0.05) is 48.7 Å². The Kier molecular flexibility index (Phi) is 5.77. The zero-order chi connectivity index (χ0) is 15.2. The summed E-state index contributed by atoms with van der Waals surface area (Å²) < 4.78 is 5.18. The molecule has 112 valence electrons. The Balaban J connectivity index is 2.19. The number of ether oxygens (including phenoxy) is 1. The minimum absolute atomic E-state index is 0.233. The van der Waals surface area contributed by atoms with Crippen LogP contribution < -0.4 is 10.1 Å². The maximum absolute atomic E-state index is 6.17. The molecule has 0 aliphatic carbocycles. The molecule has 1 atom stereocenters. The number of anilines is 1. The molecule has 0 aromatic heterocycles. The van der Waals surface area contributed by atoms with Gasteiger partial charge in [0, 0.05) is 10.7 Å². The molecule has 0 aliphatic rings. The van der Waals surface area contributed by atoms with Crippen molar-refractivity contribution >= 4 is 28.9 Å². The minimum Gasteiger partial charge on any atom is -0.495 e. The van der Waals surface area contributed by atoms with Crippen molar-refractivity contribution in [3.05, 3.63) is 58.1 Å². The van der Waals surface area contributed by atoms with E-state index in [4.69, 9.17) is 27.9 Å². The smallest absolute Gasteiger partial charge is 0.137 e. The number of benzene rings is 2. The molecule has 0 radical (unpaired) electrons. The lowest BCUT2D eigenvalue weighted by molar-refractivity contribution is 0.415. The number of hydrogen-bond donors (Lipinski definition) is 1. The van der Waals surface area contributed by atoms with Crippen LogP contribution in [0, 0.1) is 0 Å². The predicted octanol–water partition coefficient (Wildman–Crippen LogP) is 5.96. The molecule has 2 nitrogen and oxygen atoms in total. The van der Waals surface area contributed by atoms with E-state index in [0.717, 1.165) is 23.6 Å². The molecular weight excluding hydrogens is 305 g/mol. The van der Waals surface area contributed by atoms with Crippen molar-refractivity contribution in [3.63, 3.8) is 0 Å². The van der Waals surface area contributed by atoms with Crippen molar-refractivity contribution in [2.75, 3.05) is 12.4 Å². The first kappa shape index (κ1) is 16.0.